The lowest BCUT2D eigenvalue weighted by atomic mass is 10.1. The summed E-state index contributed by atoms with van der Waals surface area (Å²) in [5.74, 6) is 0.0411. The molecule has 0 bridgehead atoms. The van der Waals surface area contributed by atoms with E-state index in [1.807, 2.05) is 0 Å². The van der Waals surface area contributed by atoms with Gasteiger partial charge in [0, 0.05) is 22.7 Å². The summed E-state index contributed by atoms with van der Waals surface area (Å²) in [6.07, 6.45) is 0. The number of Topliss-reactive ketones (excluding diaryl/α,β-unsaturated/α-hetero) is 1. The number of quaternary nitrogens is 1. The lowest BCUT2D eigenvalue weighted by Gasteiger charge is -2.11. The van der Waals surface area contributed by atoms with Gasteiger partial charge in [0.1, 0.15) is 0 Å². The van der Waals surface area contributed by atoms with Gasteiger partial charge in [-0.15, -0.1) is 0 Å². The van der Waals surface area contributed by atoms with Crippen molar-refractivity contribution < 1.29 is 15.2 Å². The van der Waals surface area contributed by atoms with Gasteiger partial charge in [-0.3, -0.25) is 4.79 Å². The van der Waals surface area contributed by atoms with Crippen LogP contribution in [0.5, 0.6) is 0 Å². The van der Waals surface area contributed by atoms with Crippen molar-refractivity contribution in [3.63, 3.8) is 0 Å². The van der Waals surface area contributed by atoms with Crippen LogP contribution in [0.2, 0.25) is 5.02 Å². The number of carbonyl (C=O) groups excluding carboxylic acids is 1. The summed E-state index contributed by atoms with van der Waals surface area (Å²) in [6, 6.07) is 12.7. The van der Waals surface area contributed by atoms with E-state index in [4.69, 9.17) is 22.5 Å². The van der Waals surface area contributed by atoms with Gasteiger partial charge < -0.3 is 10.9 Å². The van der Waals surface area contributed by atoms with Crippen molar-refractivity contribution in [2.45, 2.75) is 0 Å². The van der Waals surface area contributed by atoms with E-state index in [1.54, 1.807) is 36.4 Å². The summed E-state index contributed by atoms with van der Waals surface area (Å²) in [5, 5.41) is 19.5. The number of thioether (sulfide) groups is 1. The van der Waals surface area contributed by atoms with Crippen LogP contribution in [-0.2, 0) is 0 Å². The molecule has 0 spiro atoms. The number of amidine groups is 1. The molecular weight excluding hydrogens is 338 g/mol. The number of hydrogen-bond acceptors (Lipinski definition) is 5. The zero-order valence-corrected chi connectivity index (χ0v) is 13.5. The van der Waals surface area contributed by atoms with Crippen LogP contribution in [0, 0.1) is 5.21 Å². The Hall–Kier alpha value is -1.90. The van der Waals surface area contributed by atoms with E-state index in [0.29, 0.717) is 16.3 Å². The summed E-state index contributed by atoms with van der Waals surface area (Å²) in [7, 11) is 0. The molecule has 0 aromatic heterocycles. The summed E-state index contributed by atoms with van der Waals surface area (Å²) in [4.78, 5) is 16.1. The Kier molecular flexibility index (Phi) is 6.14. The maximum absolute atomic E-state index is 12.0. The molecule has 0 radical (unpaired) electrons. The van der Waals surface area contributed by atoms with Crippen molar-refractivity contribution in [3.05, 3.63) is 64.3 Å². The number of ketones is 1. The number of nitrogens with two attached hydrogens (primary N) is 1. The van der Waals surface area contributed by atoms with Gasteiger partial charge in [-0.1, -0.05) is 29.4 Å². The van der Waals surface area contributed by atoms with Crippen LogP contribution in [0.25, 0.3) is 0 Å². The molecule has 120 valence electrons. The van der Waals surface area contributed by atoms with Crippen molar-refractivity contribution in [2.24, 2.45) is 10.7 Å². The van der Waals surface area contributed by atoms with Gasteiger partial charge in [0.15, 0.2) is 16.6 Å². The Morgan fingerprint density at radius 3 is 2.65 bits per heavy atom. The number of nitrogens with zero attached hydrogens (tertiary/aromatic N) is 1. The number of benzene rings is 2. The van der Waals surface area contributed by atoms with Gasteiger partial charge in [-0.2, -0.15) is 5.23 Å². The van der Waals surface area contributed by atoms with Gasteiger partial charge in [0.2, 0.25) is 0 Å². The van der Waals surface area contributed by atoms with Crippen LogP contribution in [0.15, 0.2) is 53.5 Å². The van der Waals surface area contributed by atoms with Crippen molar-refractivity contribution in [2.75, 3.05) is 5.75 Å². The number of nitrogens with one attached hydrogen (secondary N) is 1. The Morgan fingerprint density at radius 1 is 1.30 bits per heavy atom. The third-order valence-electron chi connectivity index (χ3n) is 2.85. The monoisotopic (exact) mass is 351 g/mol. The number of carbonyl (C=O) groups is 1. The third kappa shape index (κ3) is 5.34. The van der Waals surface area contributed by atoms with Gasteiger partial charge in [0.05, 0.1) is 11.4 Å². The molecule has 1 atom stereocenters. The van der Waals surface area contributed by atoms with Crippen LogP contribution in [-0.4, -0.2) is 21.9 Å². The molecule has 1 unspecified atom stereocenters. The molecule has 8 heteroatoms. The van der Waals surface area contributed by atoms with Crippen molar-refractivity contribution in [1.82, 2.24) is 0 Å². The van der Waals surface area contributed by atoms with E-state index in [2.05, 4.69) is 4.99 Å². The predicted octanol–water partition coefficient (Wildman–Crippen LogP) is 2.31. The highest BCUT2D eigenvalue weighted by atomic mass is 35.5. The minimum atomic E-state index is -1.04. The van der Waals surface area contributed by atoms with Gasteiger partial charge in [-0.05, 0) is 30.3 Å². The maximum Gasteiger partial charge on any atom is 0.173 e. The van der Waals surface area contributed by atoms with E-state index in [9.17, 15) is 10.0 Å². The zero-order chi connectivity index (χ0) is 16.8. The number of hydrogen-bond donors (Lipinski definition) is 3. The molecule has 0 saturated carbocycles. The fraction of sp³-hybridized carbons (Fsp3) is 0.0667. The minimum absolute atomic E-state index is 0.0934. The standard InChI is InChI=1S/C15H14ClN3O3S/c16-11-6-4-10(5-7-11)14(20)9-23-15(17)18-12-2-1-3-13(8-12)19(21)22/h1-8,19,21H,9H2,(H2,17,18). The van der Waals surface area contributed by atoms with Gasteiger partial charge >= 0.3 is 0 Å². The third-order valence-corrected chi connectivity index (χ3v) is 3.90. The first-order chi connectivity index (χ1) is 11.0. The topological polar surface area (TPSA) is 103 Å². The van der Waals surface area contributed by atoms with Gasteiger partial charge in [0.25, 0.3) is 0 Å². The first-order valence-electron chi connectivity index (χ1n) is 6.55. The molecule has 0 aliphatic carbocycles. The molecule has 0 amide bonds. The smallest absolute Gasteiger partial charge is 0.173 e. The first kappa shape index (κ1) is 17.5. The maximum atomic E-state index is 12.0. The number of aliphatic imine (C=N–C) groups is 1. The Labute approximate surface area is 142 Å². The second-order valence-electron chi connectivity index (χ2n) is 4.52. The number of rotatable bonds is 5. The normalized spacial score (nSPS) is 12.9. The van der Waals surface area contributed by atoms with Crippen LogP contribution < -0.4 is 11.0 Å². The highest BCUT2D eigenvalue weighted by molar-refractivity contribution is 8.14. The number of halogens is 1. The molecule has 2 rings (SSSR count). The highest BCUT2D eigenvalue weighted by Gasteiger charge is 2.08. The van der Waals surface area contributed by atoms with Crippen LogP contribution in [0.4, 0.5) is 11.4 Å². The van der Waals surface area contributed by atoms with Gasteiger partial charge in [-0.25, -0.2) is 10.2 Å². The van der Waals surface area contributed by atoms with Crippen molar-refractivity contribution in [1.29, 1.82) is 0 Å². The molecule has 0 aliphatic rings. The molecule has 4 N–H and O–H groups in total. The Balaban J connectivity index is 1.98. The van der Waals surface area contributed by atoms with E-state index in [0.717, 1.165) is 11.8 Å². The molecular formula is C15H14ClN3O3S. The molecule has 0 saturated heterocycles. The second kappa shape index (κ2) is 8.09. The van der Waals surface area contributed by atoms with Crippen LogP contribution in [0.1, 0.15) is 10.4 Å². The SMILES string of the molecule is NC(=Nc1cccc([NH+]([O-])O)c1)SCC(=O)c1ccc(Cl)cc1. The summed E-state index contributed by atoms with van der Waals surface area (Å²) >= 11 is 6.86. The Morgan fingerprint density at radius 2 is 2.00 bits per heavy atom. The van der Waals surface area contributed by atoms with E-state index in [1.165, 1.54) is 12.1 Å². The lowest BCUT2D eigenvalue weighted by Crippen LogP contribution is -2.99. The molecule has 2 aromatic rings. The highest BCUT2D eigenvalue weighted by Crippen LogP contribution is 2.18. The second-order valence-corrected chi connectivity index (χ2v) is 5.96. The lowest BCUT2D eigenvalue weighted by molar-refractivity contribution is -0.991. The molecule has 23 heavy (non-hydrogen) atoms. The summed E-state index contributed by atoms with van der Waals surface area (Å²) in [5.41, 5.74) is 6.87. The minimum Gasteiger partial charge on any atom is -0.595 e. The van der Waals surface area contributed by atoms with E-state index in [-0.39, 0.29) is 22.4 Å². The summed E-state index contributed by atoms with van der Waals surface area (Å²) < 4.78 is 0. The molecule has 0 aliphatic heterocycles. The zero-order valence-electron chi connectivity index (χ0n) is 11.9. The average molecular weight is 352 g/mol. The van der Waals surface area contributed by atoms with E-state index >= 15 is 0 Å². The predicted molar refractivity (Wildman–Crippen MR) is 91.7 cm³/mol. The first-order valence-corrected chi connectivity index (χ1v) is 7.91. The molecule has 0 heterocycles. The fourth-order valence-corrected chi connectivity index (χ4v) is 2.47. The summed E-state index contributed by atoms with van der Waals surface area (Å²) in [6.45, 7) is 0. The average Bonchev–Trinajstić information content (AvgIpc) is 2.53. The fourth-order valence-electron chi connectivity index (χ4n) is 1.73. The van der Waals surface area contributed by atoms with E-state index < -0.39 is 5.23 Å². The largest absolute Gasteiger partial charge is 0.595 e. The van der Waals surface area contributed by atoms with Crippen LogP contribution >= 0.6 is 23.4 Å². The quantitative estimate of drug-likeness (QED) is 0.332. The molecule has 6 nitrogen and oxygen atoms in total. The molecule has 2 aromatic carbocycles. The van der Waals surface area contributed by atoms with Crippen LogP contribution in [0.3, 0.4) is 0 Å². The van der Waals surface area contributed by atoms with Crippen molar-refractivity contribution in [3.8, 4) is 0 Å². The molecule has 0 fully saturated rings. The van der Waals surface area contributed by atoms with Crippen molar-refractivity contribution >= 4 is 45.7 Å². The Bertz CT molecular complexity index is 720.